The minimum Gasteiger partial charge on any atom is -0.377 e. The third-order valence-electron chi connectivity index (χ3n) is 2.11. The number of hydrogen-bond acceptors (Lipinski definition) is 2. The van der Waals surface area contributed by atoms with Gasteiger partial charge in [-0.15, -0.1) is 0 Å². The molecular formula is C7H14INO. The van der Waals surface area contributed by atoms with Crippen LogP contribution in [0.2, 0.25) is 0 Å². The highest BCUT2D eigenvalue weighted by Gasteiger charge is 2.29. The van der Waals surface area contributed by atoms with Crippen LogP contribution in [0.5, 0.6) is 0 Å². The Morgan fingerprint density at radius 1 is 1.60 bits per heavy atom. The molecule has 1 aliphatic heterocycles. The highest BCUT2D eigenvalue weighted by Crippen LogP contribution is 2.25. The first kappa shape index (κ1) is 8.74. The van der Waals surface area contributed by atoms with Crippen molar-refractivity contribution in [2.45, 2.75) is 25.4 Å². The van der Waals surface area contributed by atoms with E-state index in [2.05, 4.69) is 32.9 Å². The Morgan fingerprint density at radius 3 is 2.70 bits per heavy atom. The maximum atomic E-state index is 5.40. The molecular weight excluding hydrogens is 241 g/mol. The molecule has 0 saturated carbocycles. The standard InChI is InChI=1S/C7H14INO/c1-7(10-2)4-3-5-9(8)6-7/h3-6H2,1-2H3. The molecule has 10 heavy (non-hydrogen) atoms. The summed E-state index contributed by atoms with van der Waals surface area (Å²) in [5.74, 6) is 0. The molecule has 1 heterocycles. The van der Waals surface area contributed by atoms with Crippen molar-refractivity contribution in [1.82, 2.24) is 3.11 Å². The number of rotatable bonds is 1. The first-order valence-corrected chi connectivity index (χ1v) is 4.59. The molecule has 0 bridgehead atoms. The van der Waals surface area contributed by atoms with E-state index < -0.39 is 0 Å². The van der Waals surface area contributed by atoms with Gasteiger partial charge >= 0.3 is 0 Å². The van der Waals surface area contributed by atoms with Gasteiger partial charge in [0.15, 0.2) is 0 Å². The van der Waals surface area contributed by atoms with Crippen LogP contribution < -0.4 is 0 Å². The number of methoxy groups -OCH3 is 1. The monoisotopic (exact) mass is 255 g/mol. The zero-order valence-electron chi connectivity index (χ0n) is 6.56. The Labute approximate surface area is 76.4 Å². The van der Waals surface area contributed by atoms with Crippen LogP contribution in [0, 0.1) is 0 Å². The second-order valence-electron chi connectivity index (χ2n) is 3.10. The molecule has 0 aliphatic carbocycles. The first-order chi connectivity index (χ1) is 4.66. The van der Waals surface area contributed by atoms with Crippen molar-refractivity contribution in [3.63, 3.8) is 0 Å². The molecule has 1 unspecified atom stereocenters. The maximum absolute atomic E-state index is 5.40. The van der Waals surface area contributed by atoms with Gasteiger partial charge in [-0.3, -0.25) is 0 Å². The van der Waals surface area contributed by atoms with Crippen molar-refractivity contribution in [2.24, 2.45) is 0 Å². The van der Waals surface area contributed by atoms with E-state index >= 15 is 0 Å². The van der Waals surface area contributed by atoms with Gasteiger partial charge < -0.3 is 4.74 Å². The van der Waals surface area contributed by atoms with Crippen LogP contribution in [-0.4, -0.2) is 28.9 Å². The SMILES string of the molecule is COC1(C)CCCN(I)C1. The molecule has 0 N–H and O–H groups in total. The first-order valence-electron chi connectivity index (χ1n) is 3.62. The van der Waals surface area contributed by atoms with E-state index in [-0.39, 0.29) is 5.60 Å². The molecule has 0 radical (unpaired) electrons. The topological polar surface area (TPSA) is 12.5 Å². The third-order valence-corrected chi connectivity index (χ3v) is 2.93. The van der Waals surface area contributed by atoms with E-state index in [1.165, 1.54) is 19.4 Å². The fourth-order valence-electron chi connectivity index (χ4n) is 1.31. The molecule has 0 aromatic heterocycles. The Balaban J connectivity index is 2.45. The summed E-state index contributed by atoms with van der Waals surface area (Å²) in [5, 5.41) is 0. The minimum absolute atomic E-state index is 0.111. The number of hydrogen-bond donors (Lipinski definition) is 0. The summed E-state index contributed by atoms with van der Waals surface area (Å²) in [6, 6.07) is 0. The van der Waals surface area contributed by atoms with Gasteiger partial charge in [0.05, 0.1) is 5.60 Å². The summed E-state index contributed by atoms with van der Waals surface area (Å²) in [6.07, 6.45) is 2.45. The van der Waals surface area contributed by atoms with Gasteiger partial charge in [0, 0.05) is 43.1 Å². The summed E-state index contributed by atoms with van der Waals surface area (Å²) in [4.78, 5) is 0. The van der Waals surface area contributed by atoms with E-state index in [4.69, 9.17) is 4.74 Å². The molecule has 1 fully saturated rings. The predicted molar refractivity (Wildman–Crippen MR) is 50.2 cm³/mol. The van der Waals surface area contributed by atoms with Crippen LogP contribution in [0.4, 0.5) is 0 Å². The zero-order chi connectivity index (χ0) is 7.61. The van der Waals surface area contributed by atoms with Crippen LogP contribution >= 0.6 is 22.9 Å². The molecule has 1 atom stereocenters. The lowest BCUT2D eigenvalue weighted by Gasteiger charge is -2.36. The third kappa shape index (κ3) is 2.07. The molecule has 0 spiro atoms. The molecule has 60 valence electrons. The molecule has 3 heteroatoms. The van der Waals surface area contributed by atoms with Crippen molar-refractivity contribution < 1.29 is 4.74 Å². The van der Waals surface area contributed by atoms with E-state index in [0.717, 1.165) is 6.54 Å². The van der Waals surface area contributed by atoms with Crippen LogP contribution in [0.3, 0.4) is 0 Å². The van der Waals surface area contributed by atoms with E-state index in [0.29, 0.717) is 0 Å². The maximum Gasteiger partial charge on any atom is 0.0785 e. The Hall–Kier alpha value is 0.650. The van der Waals surface area contributed by atoms with Crippen LogP contribution in [0.25, 0.3) is 0 Å². The predicted octanol–water partition coefficient (Wildman–Crippen LogP) is 1.84. The van der Waals surface area contributed by atoms with Gasteiger partial charge in [0.2, 0.25) is 0 Å². The fourth-order valence-corrected chi connectivity index (χ4v) is 2.37. The van der Waals surface area contributed by atoms with Gasteiger partial charge in [0.1, 0.15) is 0 Å². The largest absolute Gasteiger partial charge is 0.377 e. The fraction of sp³-hybridized carbons (Fsp3) is 1.00. The molecule has 0 aromatic rings. The van der Waals surface area contributed by atoms with Crippen LogP contribution in [0.15, 0.2) is 0 Å². The van der Waals surface area contributed by atoms with Crippen molar-refractivity contribution >= 4 is 22.9 Å². The number of halogens is 1. The van der Waals surface area contributed by atoms with Crippen LogP contribution in [0.1, 0.15) is 19.8 Å². The average Bonchev–Trinajstić information content (AvgIpc) is 1.88. The number of piperidine rings is 1. The van der Waals surface area contributed by atoms with Gasteiger partial charge in [-0.1, -0.05) is 0 Å². The highest BCUT2D eigenvalue weighted by atomic mass is 127. The molecule has 1 saturated heterocycles. The lowest BCUT2D eigenvalue weighted by molar-refractivity contribution is -0.0265. The van der Waals surface area contributed by atoms with E-state index in [1.54, 1.807) is 7.11 Å². The molecule has 2 nitrogen and oxygen atoms in total. The second-order valence-corrected chi connectivity index (χ2v) is 4.47. The molecule has 1 rings (SSSR count). The van der Waals surface area contributed by atoms with E-state index in [1.807, 2.05) is 0 Å². The van der Waals surface area contributed by atoms with Crippen molar-refractivity contribution in [1.29, 1.82) is 0 Å². The van der Waals surface area contributed by atoms with Gasteiger partial charge in [-0.05, 0) is 19.8 Å². The lowest BCUT2D eigenvalue weighted by atomic mass is 9.97. The average molecular weight is 255 g/mol. The van der Waals surface area contributed by atoms with Gasteiger partial charge in [-0.2, -0.15) is 0 Å². The van der Waals surface area contributed by atoms with Gasteiger partial charge in [-0.25, -0.2) is 3.11 Å². The van der Waals surface area contributed by atoms with Gasteiger partial charge in [0.25, 0.3) is 0 Å². The summed E-state index contributed by atoms with van der Waals surface area (Å²) in [6.45, 7) is 4.45. The number of ether oxygens (including phenoxy) is 1. The quantitative estimate of drug-likeness (QED) is 0.523. The Morgan fingerprint density at radius 2 is 2.30 bits per heavy atom. The molecule has 1 aliphatic rings. The smallest absolute Gasteiger partial charge is 0.0785 e. The summed E-state index contributed by atoms with van der Waals surface area (Å²) >= 11 is 2.36. The van der Waals surface area contributed by atoms with Crippen molar-refractivity contribution in [3.05, 3.63) is 0 Å². The molecule has 0 aromatic carbocycles. The van der Waals surface area contributed by atoms with Crippen molar-refractivity contribution in [2.75, 3.05) is 20.2 Å². The second kappa shape index (κ2) is 3.36. The molecule has 0 amide bonds. The summed E-state index contributed by atoms with van der Waals surface area (Å²) < 4.78 is 7.70. The lowest BCUT2D eigenvalue weighted by Crippen LogP contribution is -2.43. The van der Waals surface area contributed by atoms with Crippen LogP contribution in [-0.2, 0) is 4.74 Å². The van der Waals surface area contributed by atoms with E-state index in [9.17, 15) is 0 Å². The van der Waals surface area contributed by atoms with Crippen molar-refractivity contribution in [3.8, 4) is 0 Å². The summed E-state index contributed by atoms with van der Waals surface area (Å²) in [5.41, 5.74) is 0.111. The minimum atomic E-state index is 0.111. The highest BCUT2D eigenvalue weighted by molar-refractivity contribution is 14.1. The Bertz CT molecular complexity index is 120. The zero-order valence-corrected chi connectivity index (χ0v) is 8.72. The summed E-state index contributed by atoms with van der Waals surface area (Å²) in [7, 11) is 1.80. The normalized spacial score (nSPS) is 36.3. The number of nitrogens with zero attached hydrogens (tertiary/aromatic N) is 1. The Kier molecular flexibility index (Phi) is 2.94.